The van der Waals surface area contributed by atoms with Crippen molar-refractivity contribution in [1.82, 2.24) is 4.31 Å². The van der Waals surface area contributed by atoms with E-state index in [4.69, 9.17) is 18.9 Å². The van der Waals surface area contributed by atoms with E-state index in [1.54, 1.807) is 13.0 Å². The van der Waals surface area contributed by atoms with E-state index in [1.807, 2.05) is 0 Å². The van der Waals surface area contributed by atoms with Crippen LogP contribution in [0.1, 0.15) is 35.2 Å². The van der Waals surface area contributed by atoms with Crippen LogP contribution in [0.3, 0.4) is 0 Å². The van der Waals surface area contributed by atoms with E-state index >= 15 is 0 Å². The van der Waals surface area contributed by atoms with E-state index in [0.29, 0.717) is 35.9 Å². The second-order valence-corrected chi connectivity index (χ2v) is 9.91. The highest BCUT2D eigenvalue weighted by Crippen LogP contribution is 2.34. The Hall–Kier alpha value is -3.31. The molecule has 2 aromatic carbocycles. The number of sulfonamides is 1. The molecule has 0 aliphatic carbocycles. The monoisotopic (exact) mass is 506 g/mol. The summed E-state index contributed by atoms with van der Waals surface area (Å²) in [7, 11) is 0.519. The minimum absolute atomic E-state index is 0.0851. The van der Waals surface area contributed by atoms with Gasteiger partial charge in [0.05, 0.1) is 37.5 Å². The summed E-state index contributed by atoms with van der Waals surface area (Å²) in [6.45, 7) is 2.38. The maximum atomic E-state index is 12.9. The van der Waals surface area contributed by atoms with Crippen LogP contribution in [0, 0.1) is 6.92 Å². The fourth-order valence-electron chi connectivity index (χ4n) is 3.79. The number of rotatable bonds is 9. The average Bonchev–Trinajstić information content (AvgIpc) is 2.87. The molecule has 1 aliphatic heterocycles. The highest BCUT2D eigenvalue weighted by Gasteiger charge is 2.26. The zero-order valence-corrected chi connectivity index (χ0v) is 21.1. The topological polar surface area (TPSA) is 120 Å². The molecule has 10 nitrogen and oxygen atoms in total. The first-order valence-electron chi connectivity index (χ1n) is 11.1. The van der Waals surface area contributed by atoms with Gasteiger partial charge in [-0.1, -0.05) is 6.42 Å². The van der Waals surface area contributed by atoms with Gasteiger partial charge in [0.1, 0.15) is 5.75 Å². The Morgan fingerprint density at radius 2 is 1.60 bits per heavy atom. The Balaban J connectivity index is 1.72. The lowest BCUT2D eigenvalue weighted by Crippen LogP contribution is -2.35. The lowest BCUT2D eigenvalue weighted by Gasteiger charge is -2.26. The number of anilines is 1. The van der Waals surface area contributed by atoms with Crippen molar-refractivity contribution in [2.24, 2.45) is 0 Å². The molecule has 1 fully saturated rings. The predicted octanol–water partition coefficient (Wildman–Crippen LogP) is 2.99. The lowest BCUT2D eigenvalue weighted by molar-refractivity contribution is -0.118. The summed E-state index contributed by atoms with van der Waals surface area (Å²) in [6, 6.07) is 7.42. The summed E-state index contributed by atoms with van der Waals surface area (Å²) >= 11 is 0. The van der Waals surface area contributed by atoms with Gasteiger partial charge < -0.3 is 24.3 Å². The van der Waals surface area contributed by atoms with Gasteiger partial charge >= 0.3 is 5.97 Å². The number of aryl methyl sites for hydroxylation is 1. The van der Waals surface area contributed by atoms with Crippen molar-refractivity contribution >= 4 is 27.6 Å². The first-order valence-corrected chi connectivity index (χ1v) is 12.5. The Bertz CT molecular complexity index is 1190. The third kappa shape index (κ3) is 6.04. The highest BCUT2D eigenvalue weighted by molar-refractivity contribution is 7.89. The summed E-state index contributed by atoms with van der Waals surface area (Å²) < 4.78 is 48.1. The van der Waals surface area contributed by atoms with Crippen molar-refractivity contribution in [3.63, 3.8) is 0 Å². The molecule has 0 saturated carbocycles. The highest BCUT2D eigenvalue weighted by atomic mass is 32.2. The van der Waals surface area contributed by atoms with Gasteiger partial charge in [0.2, 0.25) is 10.0 Å². The van der Waals surface area contributed by atoms with Gasteiger partial charge in [-0.2, -0.15) is 4.31 Å². The van der Waals surface area contributed by atoms with Gasteiger partial charge in [-0.15, -0.1) is 0 Å². The van der Waals surface area contributed by atoms with Gasteiger partial charge in [-0.3, -0.25) is 4.79 Å². The number of amides is 1. The number of methoxy groups -OCH3 is 3. The van der Waals surface area contributed by atoms with Crippen LogP contribution in [0.2, 0.25) is 0 Å². The number of hydrogen-bond donors (Lipinski definition) is 1. The van der Waals surface area contributed by atoms with Crippen molar-refractivity contribution in [2.75, 3.05) is 46.3 Å². The normalized spacial score (nSPS) is 14.2. The maximum Gasteiger partial charge on any atom is 0.340 e. The van der Waals surface area contributed by atoms with Crippen LogP contribution in [0.5, 0.6) is 17.2 Å². The van der Waals surface area contributed by atoms with E-state index in [9.17, 15) is 18.0 Å². The maximum absolute atomic E-state index is 12.9. The number of esters is 1. The minimum Gasteiger partial charge on any atom is -0.493 e. The van der Waals surface area contributed by atoms with Gasteiger partial charge in [-0.25, -0.2) is 13.2 Å². The molecule has 1 amide bonds. The van der Waals surface area contributed by atoms with Crippen LogP contribution < -0.4 is 19.5 Å². The Labute approximate surface area is 205 Å². The van der Waals surface area contributed by atoms with Crippen LogP contribution in [0.15, 0.2) is 35.2 Å². The molecule has 0 bridgehead atoms. The van der Waals surface area contributed by atoms with E-state index < -0.39 is 21.9 Å². The SMILES string of the molecule is COC(=O)c1cc(OC)c(OC)cc1NC(=O)COc1ccc(S(=O)(=O)N2CCCCC2)cc1C. The Morgan fingerprint density at radius 1 is 0.943 bits per heavy atom. The van der Waals surface area contributed by atoms with Crippen LogP contribution in [0.25, 0.3) is 0 Å². The number of hydrogen-bond acceptors (Lipinski definition) is 8. The summed E-state index contributed by atoms with van der Waals surface area (Å²) in [5.74, 6) is -0.205. The molecule has 1 aliphatic rings. The quantitative estimate of drug-likeness (QED) is 0.516. The van der Waals surface area contributed by atoms with Gasteiger partial charge in [0, 0.05) is 25.2 Å². The molecule has 11 heteroatoms. The summed E-state index contributed by atoms with van der Waals surface area (Å²) in [5, 5.41) is 2.62. The minimum atomic E-state index is -3.57. The zero-order valence-electron chi connectivity index (χ0n) is 20.3. The number of ether oxygens (including phenoxy) is 4. The number of carbonyl (C=O) groups is 2. The second kappa shape index (κ2) is 11.4. The molecular weight excluding hydrogens is 476 g/mol. The van der Waals surface area contributed by atoms with Crippen LogP contribution in [-0.4, -0.2) is 65.6 Å². The number of carbonyl (C=O) groups excluding carboxylic acids is 2. The largest absolute Gasteiger partial charge is 0.493 e. The third-order valence-corrected chi connectivity index (χ3v) is 7.56. The standard InChI is InChI=1S/C24H30N2O8S/c1-16-12-17(35(29,30)26-10-6-5-7-11-26)8-9-20(16)34-15-23(27)25-19-14-22(32-3)21(31-2)13-18(19)24(28)33-4/h8-9,12-14H,5-7,10-11,15H2,1-4H3,(H,25,27). The second-order valence-electron chi connectivity index (χ2n) is 7.97. The molecular formula is C24H30N2O8S. The van der Waals surface area contributed by atoms with Crippen LogP contribution in [0.4, 0.5) is 5.69 Å². The van der Waals surface area contributed by atoms with Gasteiger partial charge in [0.15, 0.2) is 18.1 Å². The third-order valence-electron chi connectivity index (χ3n) is 5.66. The summed E-state index contributed by atoms with van der Waals surface area (Å²) in [6.07, 6.45) is 2.74. The molecule has 1 heterocycles. The molecule has 1 saturated heterocycles. The number of nitrogens with zero attached hydrogens (tertiary/aromatic N) is 1. The predicted molar refractivity (Wildman–Crippen MR) is 129 cm³/mol. The zero-order chi connectivity index (χ0) is 25.6. The molecule has 1 N–H and O–H groups in total. The van der Waals surface area contributed by atoms with Crippen molar-refractivity contribution < 1.29 is 37.0 Å². The van der Waals surface area contributed by atoms with E-state index in [1.165, 1.54) is 49.9 Å². The molecule has 0 unspecified atom stereocenters. The fourth-order valence-corrected chi connectivity index (χ4v) is 5.39. The number of piperidine rings is 1. The van der Waals surface area contributed by atoms with Gasteiger partial charge in [0.25, 0.3) is 5.91 Å². The summed E-state index contributed by atoms with van der Waals surface area (Å²) in [5.41, 5.74) is 0.835. The fraction of sp³-hybridized carbons (Fsp3) is 0.417. The Morgan fingerprint density at radius 3 is 2.20 bits per heavy atom. The first-order chi connectivity index (χ1) is 16.7. The van der Waals surface area contributed by atoms with Crippen molar-refractivity contribution in [1.29, 1.82) is 0 Å². The van der Waals surface area contributed by atoms with E-state index in [2.05, 4.69) is 5.32 Å². The molecule has 2 aromatic rings. The average molecular weight is 507 g/mol. The number of benzene rings is 2. The van der Waals surface area contributed by atoms with Crippen molar-refractivity contribution in [2.45, 2.75) is 31.1 Å². The molecule has 0 aromatic heterocycles. The lowest BCUT2D eigenvalue weighted by atomic mass is 10.1. The van der Waals surface area contributed by atoms with Gasteiger partial charge in [-0.05, 0) is 43.5 Å². The molecule has 0 spiro atoms. The van der Waals surface area contributed by atoms with E-state index in [-0.39, 0.29) is 22.8 Å². The van der Waals surface area contributed by atoms with E-state index in [0.717, 1.165) is 19.3 Å². The molecule has 3 rings (SSSR count). The van der Waals surface area contributed by atoms with Crippen LogP contribution in [-0.2, 0) is 19.6 Å². The number of nitrogens with one attached hydrogen (secondary N) is 1. The van der Waals surface area contributed by atoms with Crippen molar-refractivity contribution in [3.05, 3.63) is 41.5 Å². The summed E-state index contributed by atoms with van der Waals surface area (Å²) in [4.78, 5) is 25.0. The molecule has 0 radical (unpaired) electrons. The smallest absolute Gasteiger partial charge is 0.340 e. The van der Waals surface area contributed by atoms with Crippen LogP contribution >= 0.6 is 0 Å². The molecule has 0 atom stereocenters. The van der Waals surface area contributed by atoms with Crippen molar-refractivity contribution in [3.8, 4) is 17.2 Å². The molecule has 190 valence electrons. The first kappa shape index (κ1) is 26.3. The Kier molecular flexibility index (Phi) is 8.57. The molecule has 35 heavy (non-hydrogen) atoms.